The number of hydrogen-bond donors (Lipinski definition) is 1. The van der Waals surface area contributed by atoms with Gasteiger partial charge in [0.15, 0.2) is 0 Å². The topological polar surface area (TPSA) is 68.7 Å². The predicted octanol–water partition coefficient (Wildman–Crippen LogP) is 3.65. The van der Waals surface area contributed by atoms with Crippen LogP contribution in [0.1, 0.15) is 43.2 Å². The molecule has 1 heterocycles. The van der Waals surface area contributed by atoms with Crippen molar-refractivity contribution in [2.45, 2.75) is 51.4 Å². The van der Waals surface area contributed by atoms with E-state index in [0.717, 1.165) is 42.6 Å². The first-order chi connectivity index (χ1) is 12.7. The van der Waals surface area contributed by atoms with Crippen LogP contribution in [-0.4, -0.2) is 22.2 Å². The van der Waals surface area contributed by atoms with Crippen LogP contribution < -0.4 is 4.74 Å². The average Bonchev–Trinajstić information content (AvgIpc) is 2.68. The number of ether oxygens (including phenoxy) is 2. The monoisotopic (exact) mass is 355 g/mol. The molecule has 1 aromatic heterocycles. The van der Waals surface area contributed by atoms with Crippen molar-refractivity contribution in [3.8, 4) is 5.75 Å². The van der Waals surface area contributed by atoms with E-state index in [1.807, 2.05) is 36.4 Å². The molecule has 0 unspecified atom stereocenters. The Hall–Kier alpha value is -2.40. The molecule has 3 rings (SSSR count). The number of carbonyl (C=O) groups excluding carboxylic acids is 1. The van der Waals surface area contributed by atoms with E-state index in [9.17, 15) is 9.90 Å². The highest BCUT2D eigenvalue weighted by Gasteiger charge is 2.25. The minimum atomic E-state index is -0.367. The fourth-order valence-electron chi connectivity index (χ4n) is 3.19. The third kappa shape index (κ3) is 5.56. The van der Waals surface area contributed by atoms with Crippen LogP contribution in [0.25, 0.3) is 0 Å². The molecule has 0 bridgehead atoms. The van der Waals surface area contributed by atoms with Gasteiger partial charge in [-0.2, -0.15) is 0 Å². The van der Waals surface area contributed by atoms with Crippen molar-refractivity contribution in [2.24, 2.45) is 5.92 Å². The molecule has 1 fully saturated rings. The Morgan fingerprint density at radius 3 is 2.42 bits per heavy atom. The van der Waals surface area contributed by atoms with Crippen molar-refractivity contribution in [2.75, 3.05) is 0 Å². The first-order valence-corrected chi connectivity index (χ1v) is 9.15. The molecule has 0 saturated heterocycles. The van der Waals surface area contributed by atoms with Crippen LogP contribution in [0.2, 0.25) is 0 Å². The minimum absolute atomic E-state index is 0.0419. The molecule has 5 heteroatoms. The highest BCUT2D eigenvalue weighted by molar-refractivity contribution is 5.69. The quantitative estimate of drug-likeness (QED) is 0.768. The minimum Gasteiger partial charge on any atom is -0.489 e. The first kappa shape index (κ1) is 18.4. The molecule has 0 radical (unpaired) electrons. The van der Waals surface area contributed by atoms with Gasteiger partial charge in [-0.3, -0.25) is 9.78 Å². The summed E-state index contributed by atoms with van der Waals surface area (Å²) in [5, 5.41) is 9.94. The zero-order valence-corrected chi connectivity index (χ0v) is 14.8. The maximum Gasteiger partial charge on any atom is 0.306 e. The van der Waals surface area contributed by atoms with Crippen LogP contribution in [0.4, 0.5) is 0 Å². The number of pyridine rings is 1. The number of aliphatic hydroxyl groups is 1. The molecular weight excluding hydrogens is 330 g/mol. The zero-order valence-electron chi connectivity index (χ0n) is 14.8. The lowest BCUT2D eigenvalue weighted by atomic mass is 9.84. The Morgan fingerprint density at radius 2 is 1.69 bits per heavy atom. The Bertz CT molecular complexity index is 687. The normalized spacial score (nSPS) is 19.7. The highest BCUT2D eigenvalue weighted by atomic mass is 16.5. The third-order valence-electron chi connectivity index (χ3n) is 4.78. The van der Waals surface area contributed by atoms with Crippen LogP contribution in [-0.2, 0) is 22.7 Å². The maximum absolute atomic E-state index is 12.0. The summed E-state index contributed by atoms with van der Waals surface area (Å²) in [5.41, 5.74) is 1.97. The van der Waals surface area contributed by atoms with Crippen molar-refractivity contribution in [3.05, 3.63) is 59.9 Å². The lowest BCUT2D eigenvalue weighted by Gasteiger charge is -2.26. The third-order valence-corrected chi connectivity index (χ3v) is 4.78. The van der Waals surface area contributed by atoms with E-state index in [2.05, 4.69) is 4.98 Å². The summed E-state index contributed by atoms with van der Waals surface area (Å²) < 4.78 is 11.1. The predicted molar refractivity (Wildman–Crippen MR) is 97.4 cm³/mol. The largest absolute Gasteiger partial charge is 0.489 e. The SMILES string of the molecule is O=C(C[C@@H]1CCCC[C@H]1O)OCc1ccc(OCc2ccncc2)cc1. The molecule has 1 N–H and O–H groups in total. The van der Waals surface area contributed by atoms with Crippen LogP contribution >= 0.6 is 0 Å². The second kappa shape index (κ2) is 9.34. The molecule has 1 saturated carbocycles. The summed E-state index contributed by atoms with van der Waals surface area (Å²) >= 11 is 0. The molecule has 2 aromatic rings. The van der Waals surface area contributed by atoms with Crippen molar-refractivity contribution >= 4 is 5.97 Å². The van der Waals surface area contributed by atoms with Gasteiger partial charge in [0.05, 0.1) is 12.5 Å². The number of aliphatic hydroxyl groups excluding tert-OH is 1. The standard InChI is InChI=1S/C21H25NO4/c23-20-4-2-1-3-18(20)13-21(24)26-15-16-5-7-19(8-6-16)25-14-17-9-11-22-12-10-17/h5-12,18,20,23H,1-4,13-15H2/t18-,20+/m0/s1. The van der Waals surface area contributed by atoms with Gasteiger partial charge in [0.25, 0.3) is 0 Å². The highest BCUT2D eigenvalue weighted by Crippen LogP contribution is 2.27. The summed E-state index contributed by atoms with van der Waals surface area (Å²) in [6.45, 7) is 0.729. The lowest BCUT2D eigenvalue weighted by Crippen LogP contribution is -2.27. The maximum atomic E-state index is 12.0. The van der Waals surface area contributed by atoms with Gasteiger partial charge in [-0.1, -0.05) is 25.0 Å². The number of rotatable bonds is 7. The second-order valence-corrected chi connectivity index (χ2v) is 6.76. The van der Waals surface area contributed by atoms with Gasteiger partial charge in [-0.05, 0) is 54.2 Å². The van der Waals surface area contributed by atoms with Crippen LogP contribution in [0.3, 0.4) is 0 Å². The molecule has 138 valence electrons. The van der Waals surface area contributed by atoms with E-state index < -0.39 is 0 Å². The average molecular weight is 355 g/mol. The van der Waals surface area contributed by atoms with E-state index in [1.54, 1.807) is 12.4 Å². The van der Waals surface area contributed by atoms with Gasteiger partial charge in [0.1, 0.15) is 19.0 Å². The summed E-state index contributed by atoms with van der Waals surface area (Å²) in [6.07, 6.45) is 7.23. The Morgan fingerprint density at radius 1 is 1.00 bits per heavy atom. The lowest BCUT2D eigenvalue weighted by molar-refractivity contribution is -0.147. The van der Waals surface area contributed by atoms with Gasteiger partial charge >= 0.3 is 5.97 Å². The fourth-order valence-corrected chi connectivity index (χ4v) is 3.19. The summed E-state index contributed by atoms with van der Waals surface area (Å²) in [4.78, 5) is 16.0. The van der Waals surface area contributed by atoms with Crippen molar-refractivity contribution in [1.82, 2.24) is 4.98 Å². The Balaban J connectivity index is 1.41. The van der Waals surface area contributed by atoms with E-state index >= 15 is 0 Å². The van der Waals surface area contributed by atoms with Crippen LogP contribution in [0.5, 0.6) is 5.75 Å². The summed E-state index contributed by atoms with van der Waals surface area (Å²) in [7, 11) is 0. The molecule has 0 spiro atoms. The zero-order chi connectivity index (χ0) is 18.2. The molecule has 26 heavy (non-hydrogen) atoms. The molecule has 0 amide bonds. The molecule has 0 aliphatic heterocycles. The van der Waals surface area contributed by atoms with E-state index in [-0.39, 0.29) is 24.6 Å². The number of aromatic nitrogens is 1. The van der Waals surface area contributed by atoms with E-state index in [1.165, 1.54) is 0 Å². The van der Waals surface area contributed by atoms with Gasteiger partial charge in [0.2, 0.25) is 0 Å². The van der Waals surface area contributed by atoms with Gasteiger partial charge in [-0.25, -0.2) is 0 Å². The molecular formula is C21H25NO4. The Kier molecular flexibility index (Phi) is 6.61. The summed E-state index contributed by atoms with van der Waals surface area (Å²) in [5.74, 6) is 0.566. The number of hydrogen-bond acceptors (Lipinski definition) is 5. The number of benzene rings is 1. The fraction of sp³-hybridized carbons (Fsp3) is 0.429. The van der Waals surface area contributed by atoms with Gasteiger partial charge in [0, 0.05) is 12.4 Å². The van der Waals surface area contributed by atoms with Gasteiger partial charge < -0.3 is 14.6 Å². The molecule has 1 aromatic carbocycles. The van der Waals surface area contributed by atoms with Crippen molar-refractivity contribution in [1.29, 1.82) is 0 Å². The van der Waals surface area contributed by atoms with E-state index in [4.69, 9.17) is 9.47 Å². The van der Waals surface area contributed by atoms with Crippen molar-refractivity contribution < 1.29 is 19.4 Å². The number of nitrogens with zero attached hydrogens (tertiary/aromatic N) is 1. The first-order valence-electron chi connectivity index (χ1n) is 9.15. The van der Waals surface area contributed by atoms with Gasteiger partial charge in [-0.15, -0.1) is 0 Å². The van der Waals surface area contributed by atoms with Crippen LogP contribution in [0.15, 0.2) is 48.8 Å². The van der Waals surface area contributed by atoms with E-state index in [0.29, 0.717) is 13.0 Å². The Labute approximate surface area is 154 Å². The van der Waals surface area contributed by atoms with Crippen molar-refractivity contribution in [3.63, 3.8) is 0 Å². The molecule has 5 nitrogen and oxygen atoms in total. The number of carbonyl (C=O) groups is 1. The number of esters is 1. The smallest absolute Gasteiger partial charge is 0.306 e. The molecule has 1 aliphatic carbocycles. The summed E-state index contributed by atoms with van der Waals surface area (Å²) in [6, 6.07) is 11.4. The molecule has 2 atom stereocenters. The molecule has 1 aliphatic rings. The second-order valence-electron chi connectivity index (χ2n) is 6.76. The van der Waals surface area contributed by atoms with Crippen LogP contribution in [0, 0.1) is 5.92 Å².